The van der Waals surface area contributed by atoms with Crippen molar-refractivity contribution in [3.63, 3.8) is 0 Å². The van der Waals surface area contributed by atoms with Crippen LogP contribution < -0.4 is 20.7 Å². The molecule has 144 valence electrons. The molecule has 0 fully saturated rings. The number of anilines is 3. The minimum absolute atomic E-state index is 0.168. The number of amides is 2. The van der Waals surface area contributed by atoms with E-state index in [9.17, 15) is 9.59 Å². The minimum atomic E-state index is -0.520. The van der Waals surface area contributed by atoms with E-state index in [4.69, 9.17) is 4.74 Å². The lowest BCUT2D eigenvalue weighted by Crippen LogP contribution is -2.32. The van der Waals surface area contributed by atoms with Gasteiger partial charge in [-0.1, -0.05) is 30.3 Å². The zero-order chi connectivity index (χ0) is 20.1. The molecule has 0 unspecified atom stereocenters. The standard InChI is InChI=1S/C22H23N3O3/c1-14(23-20-13-19(24-15(2)26)10-11-21(20)28-3)22(27)25-18-9-8-16-6-4-5-7-17(16)12-18/h4-14,23H,1-3H3,(H,24,26)(H,25,27)/t14-/m1/s1. The molecule has 0 aromatic heterocycles. The molecule has 0 aliphatic heterocycles. The first kappa shape index (κ1) is 19.2. The van der Waals surface area contributed by atoms with Gasteiger partial charge in [-0.25, -0.2) is 0 Å². The summed E-state index contributed by atoms with van der Waals surface area (Å²) >= 11 is 0. The third-order valence-electron chi connectivity index (χ3n) is 4.30. The number of nitrogens with one attached hydrogen (secondary N) is 3. The second-order valence-electron chi connectivity index (χ2n) is 6.51. The summed E-state index contributed by atoms with van der Waals surface area (Å²) in [4.78, 5) is 23.9. The molecule has 1 atom stereocenters. The number of methoxy groups -OCH3 is 1. The van der Waals surface area contributed by atoms with Gasteiger partial charge in [-0.15, -0.1) is 0 Å². The Hall–Kier alpha value is -3.54. The largest absolute Gasteiger partial charge is 0.495 e. The summed E-state index contributed by atoms with van der Waals surface area (Å²) in [6.07, 6.45) is 0. The maximum Gasteiger partial charge on any atom is 0.246 e. The van der Waals surface area contributed by atoms with E-state index in [0.29, 0.717) is 17.1 Å². The quantitative estimate of drug-likeness (QED) is 0.600. The molecule has 3 rings (SSSR count). The molecule has 0 spiro atoms. The molecule has 3 N–H and O–H groups in total. The molecule has 28 heavy (non-hydrogen) atoms. The van der Waals surface area contributed by atoms with Gasteiger partial charge < -0.3 is 20.7 Å². The van der Waals surface area contributed by atoms with Crippen LogP contribution in [-0.2, 0) is 9.59 Å². The van der Waals surface area contributed by atoms with E-state index in [1.54, 1.807) is 32.2 Å². The lowest BCUT2D eigenvalue weighted by Gasteiger charge is -2.18. The fourth-order valence-electron chi connectivity index (χ4n) is 2.92. The van der Waals surface area contributed by atoms with Crippen LogP contribution in [0.1, 0.15) is 13.8 Å². The van der Waals surface area contributed by atoms with Crippen molar-refractivity contribution in [1.82, 2.24) is 0 Å². The van der Waals surface area contributed by atoms with Gasteiger partial charge in [0.25, 0.3) is 0 Å². The van der Waals surface area contributed by atoms with Gasteiger partial charge in [-0.05, 0) is 48.0 Å². The average molecular weight is 377 g/mol. The third kappa shape index (κ3) is 4.59. The van der Waals surface area contributed by atoms with E-state index in [1.807, 2.05) is 42.5 Å². The number of hydrogen-bond acceptors (Lipinski definition) is 4. The van der Waals surface area contributed by atoms with Crippen LogP contribution in [0.5, 0.6) is 5.75 Å². The van der Waals surface area contributed by atoms with Crippen LogP contribution >= 0.6 is 0 Å². The van der Waals surface area contributed by atoms with Gasteiger partial charge in [0.15, 0.2) is 0 Å². The molecule has 0 aliphatic rings. The van der Waals surface area contributed by atoms with Crippen LogP contribution in [0, 0.1) is 0 Å². The van der Waals surface area contributed by atoms with Gasteiger partial charge in [-0.3, -0.25) is 9.59 Å². The van der Waals surface area contributed by atoms with E-state index >= 15 is 0 Å². The normalized spacial score (nSPS) is 11.5. The Kier molecular flexibility index (Phi) is 5.79. The Balaban J connectivity index is 1.73. The van der Waals surface area contributed by atoms with Gasteiger partial charge >= 0.3 is 0 Å². The maximum atomic E-state index is 12.6. The minimum Gasteiger partial charge on any atom is -0.495 e. The molecule has 2 amide bonds. The summed E-state index contributed by atoms with van der Waals surface area (Å²) in [6, 6.07) is 18.5. The first-order chi connectivity index (χ1) is 13.5. The lowest BCUT2D eigenvalue weighted by atomic mass is 10.1. The lowest BCUT2D eigenvalue weighted by molar-refractivity contribution is -0.116. The van der Waals surface area contributed by atoms with Crippen molar-refractivity contribution < 1.29 is 14.3 Å². The fraction of sp³-hybridized carbons (Fsp3) is 0.182. The Morgan fingerprint density at radius 1 is 0.893 bits per heavy atom. The predicted octanol–water partition coefficient (Wildman–Crippen LogP) is 4.25. The highest BCUT2D eigenvalue weighted by atomic mass is 16.5. The van der Waals surface area contributed by atoms with E-state index in [1.165, 1.54) is 6.92 Å². The molecular weight excluding hydrogens is 354 g/mol. The number of benzene rings is 3. The highest BCUT2D eigenvalue weighted by molar-refractivity contribution is 5.98. The summed E-state index contributed by atoms with van der Waals surface area (Å²) in [5, 5.41) is 11.0. The zero-order valence-corrected chi connectivity index (χ0v) is 16.1. The second-order valence-corrected chi connectivity index (χ2v) is 6.51. The van der Waals surface area contributed by atoms with Crippen molar-refractivity contribution >= 4 is 39.6 Å². The summed E-state index contributed by atoms with van der Waals surface area (Å²) in [5.74, 6) is 0.236. The number of hydrogen-bond donors (Lipinski definition) is 3. The summed E-state index contributed by atoms with van der Waals surface area (Å²) in [5.41, 5.74) is 1.98. The molecule has 6 nitrogen and oxygen atoms in total. The van der Waals surface area contributed by atoms with E-state index in [0.717, 1.165) is 16.5 Å². The van der Waals surface area contributed by atoms with Crippen molar-refractivity contribution in [1.29, 1.82) is 0 Å². The smallest absolute Gasteiger partial charge is 0.246 e. The van der Waals surface area contributed by atoms with E-state index in [2.05, 4.69) is 16.0 Å². The predicted molar refractivity (Wildman–Crippen MR) is 113 cm³/mol. The summed E-state index contributed by atoms with van der Waals surface area (Å²) in [7, 11) is 1.55. The van der Waals surface area contributed by atoms with Crippen molar-refractivity contribution in [2.24, 2.45) is 0 Å². The van der Waals surface area contributed by atoms with Gasteiger partial charge in [-0.2, -0.15) is 0 Å². The van der Waals surface area contributed by atoms with Crippen LogP contribution in [0.3, 0.4) is 0 Å². The van der Waals surface area contributed by atoms with Crippen molar-refractivity contribution in [3.05, 3.63) is 60.7 Å². The summed E-state index contributed by atoms with van der Waals surface area (Å²) < 4.78 is 5.35. The molecular formula is C22H23N3O3. The number of carbonyl (C=O) groups excluding carboxylic acids is 2. The van der Waals surface area contributed by atoms with E-state index < -0.39 is 6.04 Å². The van der Waals surface area contributed by atoms with Crippen LogP contribution in [-0.4, -0.2) is 25.0 Å². The van der Waals surface area contributed by atoms with Crippen LogP contribution in [0.25, 0.3) is 10.8 Å². The molecule has 0 heterocycles. The number of rotatable bonds is 6. The molecule has 0 aliphatic carbocycles. The highest BCUT2D eigenvalue weighted by Crippen LogP contribution is 2.28. The second kappa shape index (κ2) is 8.43. The number of fused-ring (bicyclic) bond motifs is 1. The third-order valence-corrected chi connectivity index (χ3v) is 4.30. The van der Waals surface area contributed by atoms with Gasteiger partial charge in [0, 0.05) is 18.3 Å². The van der Waals surface area contributed by atoms with Gasteiger partial charge in [0.05, 0.1) is 12.8 Å². The van der Waals surface area contributed by atoms with Gasteiger partial charge in [0.2, 0.25) is 11.8 Å². The molecule has 0 radical (unpaired) electrons. The Morgan fingerprint density at radius 3 is 2.29 bits per heavy atom. The van der Waals surface area contributed by atoms with Crippen LogP contribution in [0.15, 0.2) is 60.7 Å². The molecule has 0 bridgehead atoms. The first-order valence-electron chi connectivity index (χ1n) is 8.98. The monoisotopic (exact) mass is 377 g/mol. The Labute approximate surface area is 163 Å². The van der Waals surface area contributed by atoms with Gasteiger partial charge in [0.1, 0.15) is 11.8 Å². The molecule has 3 aromatic rings. The Bertz CT molecular complexity index is 1020. The van der Waals surface area contributed by atoms with Crippen molar-refractivity contribution in [2.45, 2.75) is 19.9 Å². The first-order valence-corrected chi connectivity index (χ1v) is 8.98. The molecule has 3 aromatic carbocycles. The average Bonchev–Trinajstić information content (AvgIpc) is 2.67. The Morgan fingerprint density at radius 2 is 1.57 bits per heavy atom. The maximum absolute atomic E-state index is 12.6. The van der Waals surface area contributed by atoms with Crippen LogP contribution in [0.4, 0.5) is 17.1 Å². The van der Waals surface area contributed by atoms with E-state index in [-0.39, 0.29) is 11.8 Å². The SMILES string of the molecule is COc1ccc(NC(C)=O)cc1N[C@H](C)C(=O)Nc1ccc2ccccc2c1. The fourth-order valence-corrected chi connectivity index (χ4v) is 2.92. The summed E-state index contributed by atoms with van der Waals surface area (Å²) in [6.45, 7) is 3.21. The zero-order valence-electron chi connectivity index (χ0n) is 16.1. The van der Waals surface area contributed by atoms with Crippen LogP contribution in [0.2, 0.25) is 0 Å². The molecule has 0 saturated carbocycles. The number of ether oxygens (including phenoxy) is 1. The van der Waals surface area contributed by atoms with Crippen molar-refractivity contribution in [3.8, 4) is 5.75 Å². The highest BCUT2D eigenvalue weighted by Gasteiger charge is 2.16. The number of carbonyl (C=O) groups is 2. The molecule has 0 saturated heterocycles. The molecule has 6 heteroatoms. The van der Waals surface area contributed by atoms with Crippen molar-refractivity contribution in [2.75, 3.05) is 23.1 Å². The topological polar surface area (TPSA) is 79.5 Å².